The third kappa shape index (κ3) is 5.78. The third-order valence-electron chi connectivity index (χ3n) is 3.95. The lowest BCUT2D eigenvalue weighted by molar-refractivity contribution is 0.0133. The Morgan fingerprint density at radius 1 is 1.47 bits per heavy atom. The summed E-state index contributed by atoms with van der Waals surface area (Å²) in [6.45, 7) is 8.05. The highest BCUT2D eigenvalue weighted by atomic mass is 16.5. The Kier molecular flexibility index (Phi) is 6.58. The van der Waals surface area contributed by atoms with Crippen LogP contribution in [0.3, 0.4) is 0 Å². The number of nitrogens with one attached hydrogen (secondary N) is 1. The Morgan fingerprint density at radius 3 is 2.84 bits per heavy atom. The molecule has 0 aliphatic carbocycles. The molecule has 5 nitrogen and oxygen atoms in total. The van der Waals surface area contributed by atoms with Gasteiger partial charge in [-0.25, -0.2) is 0 Å². The molecule has 1 aliphatic heterocycles. The molecule has 0 aromatic heterocycles. The molecule has 112 valence electrons. The Bertz CT molecular complexity index is 292. The number of oxime groups is 1. The maximum atomic E-state index is 8.71. The lowest BCUT2D eigenvalue weighted by Crippen LogP contribution is -2.38. The second-order valence-corrected chi connectivity index (χ2v) is 6.18. The van der Waals surface area contributed by atoms with Crippen molar-refractivity contribution >= 4 is 5.84 Å². The molecule has 0 aromatic rings. The molecular formula is C14H29N3O2. The van der Waals surface area contributed by atoms with Gasteiger partial charge in [0.15, 0.2) is 0 Å². The van der Waals surface area contributed by atoms with Crippen molar-refractivity contribution in [1.29, 1.82) is 0 Å². The van der Waals surface area contributed by atoms with E-state index in [2.05, 4.69) is 17.4 Å². The minimum atomic E-state index is -0.220. The van der Waals surface area contributed by atoms with E-state index in [4.69, 9.17) is 15.7 Å². The first kappa shape index (κ1) is 16.2. The van der Waals surface area contributed by atoms with Gasteiger partial charge in [0.05, 0.1) is 6.10 Å². The van der Waals surface area contributed by atoms with Crippen LogP contribution in [0.15, 0.2) is 5.16 Å². The van der Waals surface area contributed by atoms with E-state index >= 15 is 0 Å². The molecule has 1 heterocycles. The normalized spacial score (nSPS) is 25.5. The van der Waals surface area contributed by atoms with Crippen LogP contribution in [0.2, 0.25) is 0 Å². The van der Waals surface area contributed by atoms with Crippen molar-refractivity contribution in [3.63, 3.8) is 0 Å². The number of hydrogen-bond donors (Lipinski definition) is 3. The number of hydrogen-bond acceptors (Lipinski definition) is 4. The molecule has 0 aromatic carbocycles. The summed E-state index contributed by atoms with van der Waals surface area (Å²) in [5, 5.41) is 15.4. The molecule has 19 heavy (non-hydrogen) atoms. The summed E-state index contributed by atoms with van der Waals surface area (Å²) >= 11 is 0. The molecule has 1 fully saturated rings. The van der Waals surface area contributed by atoms with Crippen LogP contribution < -0.4 is 11.1 Å². The van der Waals surface area contributed by atoms with Gasteiger partial charge in [0.1, 0.15) is 5.84 Å². The summed E-state index contributed by atoms with van der Waals surface area (Å²) in [6, 6.07) is 0.598. The van der Waals surface area contributed by atoms with Crippen LogP contribution in [0.4, 0.5) is 0 Å². The zero-order valence-corrected chi connectivity index (χ0v) is 12.5. The molecule has 1 saturated heterocycles. The number of rotatable bonds is 7. The second-order valence-electron chi connectivity index (χ2n) is 6.18. The smallest absolute Gasteiger partial charge is 0.144 e. The number of amidine groups is 1. The van der Waals surface area contributed by atoms with E-state index < -0.39 is 0 Å². The average Bonchev–Trinajstić information content (AvgIpc) is 2.37. The highest BCUT2D eigenvalue weighted by Crippen LogP contribution is 2.23. The van der Waals surface area contributed by atoms with Crippen molar-refractivity contribution in [3.8, 4) is 0 Å². The van der Waals surface area contributed by atoms with Gasteiger partial charge in [-0.3, -0.25) is 0 Å². The van der Waals surface area contributed by atoms with Gasteiger partial charge < -0.3 is 21.0 Å². The summed E-state index contributed by atoms with van der Waals surface area (Å²) in [5.41, 5.74) is 5.45. The van der Waals surface area contributed by atoms with E-state index in [-0.39, 0.29) is 5.41 Å². The predicted molar refractivity (Wildman–Crippen MR) is 77.5 cm³/mol. The minimum Gasteiger partial charge on any atom is -0.409 e. The summed E-state index contributed by atoms with van der Waals surface area (Å²) in [4.78, 5) is 0. The van der Waals surface area contributed by atoms with Crippen LogP contribution in [-0.2, 0) is 4.74 Å². The van der Waals surface area contributed by atoms with Crippen LogP contribution >= 0.6 is 0 Å². The van der Waals surface area contributed by atoms with E-state index in [1.165, 1.54) is 0 Å². The van der Waals surface area contributed by atoms with Gasteiger partial charge in [-0.15, -0.1) is 0 Å². The number of nitrogens with two attached hydrogens (primary N) is 1. The zero-order valence-electron chi connectivity index (χ0n) is 12.5. The van der Waals surface area contributed by atoms with Crippen molar-refractivity contribution in [2.75, 3.05) is 13.2 Å². The van der Waals surface area contributed by atoms with Crippen LogP contribution in [0.5, 0.6) is 0 Å². The van der Waals surface area contributed by atoms with Gasteiger partial charge in [0, 0.05) is 18.1 Å². The van der Waals surface area contributed by atoms with E-state index in [1.54, 1.807) is 0 Å². The molecule has 4 N–H and O–H groups in total. The van der Waals surface area contributed by atoms with Crippen LogP contribution in [0, 0.1) is 5.41 Å². The van der Waals surface area contributed by atoms with Crippen LogP contribution in [0.25, 0.3) is 0 Å². The number of ether oxygens (including phenoxy) is 1. The van der Waals surface area contributed by atoms with Gasteiger partial charge in [-0.1, -0.05) is 25.4 Å². The van der Waals surface area contributed by atoms with Crippen LogP contribution in [0.1, 0.15) is 52.9 Å². The molecule has 5 heteroatoms. The molecule has 2 atom stereocenters. The highest BCUT2D eigenvalue weighted by molar-refractivity contribution is 5.85. The fourth-order valence-electron chi connectivity index (χ4n) is 2.44. The zero-order chi connectivity index (χ0) is 14.3. The highest BCUT2D eigenvalue weighted by Gasteiger charge is 2.23. The molecule has 0 amide bonds. The fourth-order valence-corrected chi connectivity index (χ4v) is 2.44. The maximum absolute atomic E-state index is 8.71. The maximum Gasteiger partial charge on any atom is 0.144 e. The second kappa shape index (κ2) is 7.70. The average molecular weight is 271 g/mol. The standard InChI is InChI=1S/C14H29N3O2/c1-11-10-12(6-9-19-11)16-8-5-4-7-14(2,3)13(15)17-18/h11-12,16,18H,4-10H2,1-3H3,(H2,15,17). The first-order valence-corrected chi connectivity index (χ1v) is 7.28. The van der Waals surface area contributed by atoms with Crippen molar-refractivity contribution in [2.45, 2.75) is 65.0 Å². The van der Waals surface area contributed by atoms with Gasteiger partial charge in [-0.2, -0.15) is 0 Å². The molecule has 0 radical (unpaired) electrons. The Hall–Kier alpha value is -0.810. The molecule has 1 rings (SSSR count). The molecule has 0 saturated carbocycles. The fraction of sp³-hybridized carbons (Fsp3) is 0.929. The van der Waals surface area contributed by atoms with Crippen molar-refractivity contribution < 1.29 is 9.94 Å². The molecule has 0 bridgehead atoms. The molecular weight excluding hydrogens is 242 g/mol. The quantitative estimate of drug-likeness (QED) is 0.218. The SMILES string of the molecule is CC1CC(NCCCCC(C)(C)C(N)=NO)CCO1. The van der Waals surface area contributed by atoms with E-state index in [1.807, 2.05) is 13.8 Å². The molecule has 1 aliphatic rings. The lowest BCUT2D eigenvalue weighted by atomic mass is 9.86. The first-order valence-electron chi connectivity index (χ1n) is 7.28. The van der Waals surface area contributed by atoms with Crippen molar-refractivity contribution in [2.24, 2.45) is 16.3 Å². The monoisotopic (exact) mass is 271 g/mol. The van der Waals surface area contributed by atoms with Crippen molar-refractivity contribution in [3.05, 3.63) is 0 Å². The predicted octanol–water partition coefficient (Wildman–Crippen LogP) is 2.09. The largest absolute Gasteiger partial charge is 0.409 e. The van der Waals surface area contributed by atoms with E-state index in [0.29, 0.717) is 18.0 Å². The summed E-state index contributed by atoms with van der Waals surface area (Å²) < 4.78 is 5.53. The third-order valence-corrected chi connectivity index (χ3v) is 3.95. The first-order chi connectivity index (χ1) is 8.95. The number of nitrogens with zero attached hydrogens (tertiary/aromatic N) is 1. The van der Waals surface area contributed by atoms with E-state index in [0.717, 1.165) is 45.3 Å². The topological polar surface area (TPSA) is 79.9 Å². The van der Waals surface area contributed by atoms with Crippen molar-refractivity contribution in [1.82, 2.24) is 5.32 Å². The summed E-state index contributed by atoms with van der Waals surface area (Å²) in [5.74, 6) is 0.318. The Morgan fingerprint density at radius 2 is 2.21 bits per heavy atom. The molecule has 0 spiro atoms. The summed E-state index contributed by atoms with van der Waals surface area (Å²) in [6.07, 6.45) is 5.73. The van der Waals surface area contributed by atoms with Gasteiger partial charge in [0.25, 0.3) is 0 Å². The lowest BCUT2D eigenvalue weighted by Gasteiger charge is -2.28. The van der Waals surface area contributed by atoms with Gasteiger partial charge >= 0.3 is 0 Å². The Labute approximate surface area is 116 Å². The number of unbranched alkanes of at least 4 members (excludes halogenated alkanes) is 1. The van der Waals surface area contributed by atoms with Gasteiger partial charge in [0.2, 0.25) is 0 Å². The minimum absolute atomic E-state index is 0.220. The molecule has 2 unspecified atom stereocenters. The van der Waals surface area contributed by atoms with E-state index in [9.17, 15) is 0 Å². The van der Waals surface area contributed by atoms with Gasteiger partial charge in [-0.05, 0) is 39.2 Å². The Balaban J connectivity index is 2.11. The summed E-state index contributed by atoms with van der Waals surface area (Å²) in [7, 11) is 0. The van der Waals surface area contributed by atoms with Crippen LogP contribution in [-0.4, -0.2) is 36.3 Å².